The predicted octanol–water partition coefficient (Wildman–Crippen LogP) is 6.94. The minimum Gasteiger partial charge on any atom is -0.495 e. The van der Waals surface area contributed by atoms with E-state index < -0.39 is 0 Å². The van der Waals surface area contributed by atoms with Crippen LogP contribution in [0.1, 0.15) is 84.3 Å². The average Bonchev–Trinajstić information content (AvgIpc) is 3.33. The lowest BCUT2D eigenvalue weighted by molar-refractivity contribution is -0.161. The van der Waals surface area contributed by atoms with Gasteiger partial charge in [0.2, 0.25) is 0 Å². The molecule has 3 heteroatoms. The molecule has 1 spiro atoms. The third-order valence-corrected chi connectivity index (χ3v) is 12.5. The van der Waals surface area contributed by atoms with Crippen LogP contribution in [0.25, 0.3) is 0 Å². The van der Waals surface area contributed by atoms with Crippen LogP contribution in [-0.2, 0) is 11.2 Å². The van der Waals surface area contributed by atoms with E-state index in [1.54, 1.807) is 7.11 Å². The van der Waals surface area contributed by atoms with Gasteiger partial charge >= 0.3 is 0 Å². The van der Waals surface area contributed by atoms with Gasteiger partial charge in [0.15, 0.2) is 0 Å². The second kappa shape index (κ2) is 7.70. The van der Waals surface area contributed by atoms with Gasteiger partial charge in [-0.05, 0) is 123 Å². The monoisotopic (exact) mass is 451 g/mol. The van der Waals surface area contributed by atoms with Gasteiger partial charge in [-0.1, -0.05) is 20.8 Å². The van der Waals surface area contributed by atoms with Gasteiger partial charge in [0, 0.05) is 18.2 Å². The van der Waals surface area contributed by atoms with Crippen molar-refractivity contribution in [2.24, 2.45) is 51.8 Å². The fourth-order valence-corrected chi connectivity index (χ4v) is 10.8. The molecule has 0 radical (unpaired) electrons. The summed E-state index contributed by atoms with van der Waals surface area (Å²) in [5.74, 6) is 6.21. The van der Waals surface area contributed by atoms with Crippen molar-refractivity contribution in [2.45, 2.75) is 91.1 Å². The van der Waals surface area contributed by atoms with Gasteiger partial charge in [-0.3, -0.25) is 4.98 Å². The van der Waals surface area contributed by atoms with Crippen LogP contribution in [0.15, 0.2) is 18.3 Å². The summed E-state index contributed by atoms with van der Waals surface area (Å²) < 4.78 is 11.6. The van der Waals surface area contributed by atoms with E-state index in [9.17, 15) is 0 Å². The first kappa shape index (κ1) is 22.4. The molecular formula is C30H45NO2. The number of aromatic nitrogens is 1. The van der Waals surface area contributed by atoms with E-state index in [4.69, 9.17) is 9.47 Å². The number of hydrogen-bond donors (Lipinski definition) is 0. The normalized spacial score (nSPS) is 48.4. The molecular weight excluding hydrogens is 406 g/mol. The van der Waals surface area contributed by atoms with Crippen molar-refractivity contribution >= 4 is 0 Å². The van der Waals surface area contributed by atoms with Crippen LogP contribution < -0.4 is 4.74 Å². The third-order valence-electron chi connectivity index (χ3n) is 12.5. The van der Waals surface area contributed by atoms with E-state index in [0.29, 0.717) is 22.3 Å². The van der Waals surface area contributed by atoms with Gasteiger partial charge in [-0.2, -0.15) is 0 Å². The Morgan fingerprint density at radius 1 is 1.06 bits per heavy atom. The van der Waals surface area contributed by atoms with Crippen molar-refractivity contribution in [1.82, 2.24) is 4.98 Å². The molecule has 33 heavy (non-hydrogen) atoms. The van der Waals surface area contributed by atoms with Crippen LogP contribution in [0, 0.1) is 51.8 Å². The Hall–Kier alpha value is -1.09. The third kappa shape index (κ3) is 2.99. The average molecular weight is 452 g/mol. The molecule has 182 valence electrons. The first-order valence-electron chi connectivity index (χ1n) is 13.9. The number of ether oxygens (including phenoxy) is 2. The summed E-state index contributed by atoms with van der Waals surface area (Å²) in [4.78, 5) is 4.63. The van der Waals surface area contributed by atoms with Crippen molar-refractivity contribution in [1.29, 1.82) is 0 Å². The lowest BCUT2D eigenvalue weighted by Crippen LogP contribution is -2.57. The zero-order valence-corrected chi connectivity index (χ0v) is 21.6. The predicted molar refractivity (Wildman–Crippen MR) is 132 cm³/mol. The highest BCUT2D eigenvalue weighted by molar-refractivity contribution is 5.26. The summed E-state index contributed by atoms with van der Waals surface area (Å²) >= 11 is 0. The summed E-state index contributed by atoms with van der Waals surface area (Å²) in [6.45, 7) is 7.92. The zero-order valence-electron chi connectivity index (χ0n) is 21.6. The highest BCUT2D eigenvalue weighted by Crippen LogP contribution is 2.82. The van der Waals surface area contributed by atoms with Gasteiger partial charge in [-0.15, -0.1) is 0 Å². The lowest BCUT2D eigenvalue weighted by Gasteiger charge is -2.61. The maximum Gasteiger partial charge on any atom is 0.137 e. The topological polar surface area (TPSA) is 31.4 Å². The molecule has 0 aliphatic heterocycles. The van der Waals surface area contributed by atoms with E-state index in [0.717, 1.165) is 47.7 Å². The molecule has 0 saturated heterocycles. The van der Waals surface area contributed by atoms with Crippen LogP contribution in [0.5, 0.6) is 5.75 Å². The number of aryl methyl sites for hydroxylation is 1. The Kier molecular flexibility index (Phi) is 5.22. The van der Waals surface area contributed by atoms with Crippen molar-refractivity contribution in [2.75, 3.05) is 14.2 Å². The molecule has 1 heterocycles. The summed E-state index contributed by atoms with van der Waals surface area (Å²) in [5.41, 5.74) is 2.83. The summed E-state index contributed by atoms with van der Waals surface area (Å²) in [6.07, 6.45) is 16.3. The lowest BCUT2D eigenvalue weighted by atomic mass is 9.45. The van der Waals surface area contributed by atoms with Gasteiger partial charge in [-0.25, -0.2) is 0 Å². The van der Waals surface area contributed by atoms with E-state index in [1.165, 1.54) is 63.5 Å². The zero-order chi connectivity index (χ0) is 23.0. The Bertz CT molecular complexity index is 884. The van der Waals surface area contributed by atoms with Crippen molar-refractivity contribution in [3.63, 3.8) is 0 Å². The van der Waals surface area contributed by atoms with E-state index in [1.807, 2.05) is 13.3 Å². The molecule has 1 aromatic rings. The second-order valence-corrected chi connectivity index (χ2v) is 13.2. The number of rotatable bonds is 6. The van der Waals surface area contributed by atoms with E-state index >= 15 is 0 Å². The number of pyridine rings is 1. The van der Waals surface area contributed by atoms with Crippen molar-refractivity contribution < 1.29 is 9.47 Å². The minimum absolute atomic E-state index is 0.522. The molecule has 6 rings (SSSR count). The van der Waals surface area contributed by atoms with Crippen LogP contribution in [0.3, 0.4) is 0 Å². The summed E-state index contributed by atoms with van der Waals surface area (Å²) in [6, 6.07) is 4.20. The maximum absolute atomic E-state index is 6.31. The van der Waals surface area contributed by atoms with Gasteiger partial charge < -0.3 is 9.47 Å². The van der Waals surface area contributed by atoms with Crippen molar-refractivity contribution in [3.05, 3.63) is 24.0 Å². The maximum atomic E-state index is 6.31. The Morgan fingerprint density at radius 3 is 2.61 bits per heavy atom. The number of nitrogens with zero attached hydrogens (tertiary/aromatic N) is 1. The molecule has 10 atom stereocenters. The second-order valence-electron chi connectivity index (χ2n) is 13.2. The molecule has 5 aliphatic carbocycles. The number of methoxy groups -OCH3 is 2. The Morgan fingerprint density at radius 2 is 1.91 bits per heavy atom. The molecule has 3 nitrogen and oxygen atoms in total. The van der Waals surface area contributed by atoms with E-state index in [-0.39, 0.29) is 0 Å². The smallest absolute Gasteiger partial charge is 0.137 e. The fraction of sp³-hybridized carbons (Fsp3) is 0.833. The molecule has 5 fully saturated rings. The van der Waals surface area contributed by atoms with Gasteiger partial charge in [0.05, 0.1) is 19.4 Å². The number of fused-ring (bicyclic) bond motifs is 4. The minimum atomic E-state index is 0.522. The SMILES string of the molecule is COc1ccc(CC[C@@H](C)[C@H]2CC[C@H]3[C@@H]4CC(OC)C56C[C@H]5CC[C@]6(C)[C@H]4CC[C@]23C)nc1. The van der Waals surface area contributed by atoms with Crippen LogP contribution in [0.4, 0.5) is 0 Å². The molecule has 5 aliphatic rings. The largest absolute Gasteiger partial charge is 0.495 e. The summed E-state index contributed by atoms with van der Waals surface area (Å²) in [7, 11) is 3.73. The molecule has 0 bridgehead atoms. The van der Waals surface area contributed by atoms with Crippen LogP contribution >= 0.6 is 0 Å². The van der Waals surface area contributed by atoms with Gasteiger partial charge in [0.1, 0.15) is 5.75 Å². The van der Waals surface area contributed by atoms with Crippen LogP contribution in [-0.4, -0.2) is 25.3 Å². The molecule has 0 N–H and O–H groups in total. The Balaban J connectivity index is 1.18. The van der Waals surface area contributed by atoms with Crippen molar-refractivity contribution in [3.8, 4) is 5.75 Å². The summed E-state index contributed by atoms with van der Waals surface area (Å²) in [5, 5.41) is 0. The van der Waals surface area contributed by atoms with E-state index in [2.05, 4.69) is 37.9 Å². The number of hydrogen-bond acceptors (Lipinski definition) is 3. The first-order valence-corrected chi connectivity index (χ1v) is 13.9. The standard InChI is InChI=1S/C30H45NO2/c1-19(6-7-21-8-9-22(32-4)18-31-21)24-10-11-25-23-16-27(33-5)30-17-20(30)12-15-29(30,3)26(23)13-14-28(24,25)2/h8-9,18-20,23-27H,6-7,10-17H2,1-5H3/t19-,20-,23+,24-,25+,26+,27?,28-,29-,30?/m1/s1. The molecule has 0 amide bonds. The molecule has 5 saturated carbocycles. The molecule has 1 aromatic heterocycles. The fourth-order valence-electron chi connectivity index (χ4n) is 10.8. The van der Waals surface area contributed by atoms with Gasteiger partial charge in [0.25, 0.3) is 0 Å². The molecule has 0 aromatic carbocycles. The Labute approximate surface area is 201 Å². The highest BCUT2D eigenvalue weighted by Gasteiger charge is 2.77. The first-order chi connectivity index (χ1) is 15.9. The molecule has 2 unspecified atom stereocenters. The van der Waals surface area contributed by atoms with Crippen LogP contribution in [0.2, 0.25) is 0 Å². The highest BCUT2D eigenvalue weighted by atomic mass is 16.5. The quantitative estimate of drug-likeness (QED) is 0.469.